The number of rotatable bonds is 5. The van der Waals surface area contributed by atoms with Crippen molar-refractivity contribution in [3.05, 3.63) is 52.6 Å². The van der Waals surface area contributed by atoms with Crippen LogP contribution in [0.2, 0.25) is 0 Å². The zero-order valence-electron chi connectivity index (χ0n) is 18.0. The van der Waals surface area contributed by atoms with Gasteiger partial charge in [0.15, 0.2) is 0 Å². The number of ketones is 1. The Morgan fingerprint density at radius 1 is 1.16 bits per heavy atom. The van der Waals surface area contributed by atoms with E-state index in [1.54, 1.807) is 48.1 Å². The van der Waals surface area contributed by atoms with Gasteiger partial charge in [-0.15, -0.1) is 0 Å². The van der Waals surface area contributed by atoms with Crippen molar-refractivity contribution < 1.29 is 19.4 Å². The van der Waals surface area contributed by atoms with Crippen LogP contribution >= 0.6 is 0 Å². The predicted molar refractivity (Wildman–Crippen MR) is 113 cm³/mol. The molecular weight excluding hydrogens is 398 g/mol. The van der Waals surface area contributed by atoms with Crippen LogP contribution in [0, 0.1) is 13.8 Å². The van der Waals surface area contributed by atoms with Gasteiger partial charge in [0.25, 0.3) is 11.7 Å². The molecule has 1 atom stereocenters. The summed E-state index contributed by atoms with van der Waals surface area (Å²) in [6, 6.07) is 2.87. The number of morpholine rings is 1. The molecule has 4 rings (SSSR count). The second-order valence-electron chi connectivity index (χ2n) is 7.90. The molecule has 1 amide bonds. The summed E-state index contributed by atoms with van der Waals surface area (Å²) in [6.45, 7) is 7.50. The molecule has 9 heteroatoms. The van der Waals surface area contributed by atoms with E-state index in [1.807, 2.05) is 6.92 Å². The highest BCUT2D eigenvalue weighted by molar-refractivity contribution is 6.46. The number of hydrogen-bond donors (Lipinski definition) is 1. The number of nitrogens with zero attached hydrogens (tertiary/aromatic N) is 5. The molecule has 2 aromatic heterocycles. The van der Waals surface area contributed by atoms with Crippen LogP contribution in [0.25, 0.3) is 5.76 Å². The van der Waals surface area contributed by atoms with E-state index in [0.29, 0.717) is 37.6 Å². The molecule has 0 saturated carbocycles. The van der Waals surface area contributed by atoms with Crippen LogP contribution in [0.5, 0.6) is 0 Å². The van der Waals surface area contributed by atoms with E-state index in [4.69, 9.17) is 4.74 Å². The zero-order chi connectivity index (χ0) is 22.1. The lowest BCUT2D eigenvalue weighted by Gasteiger charge is -2.31. The number of carbonyl (C=O) groups excluding carboxylic acids is 2. The van der Waals surface area contributed by atoms with E-state index in [2.05, 4.69) is 15.0 Å². The standard InChI is InChI=1S/C22H27N5O4/c1-14-17(15(2)25(3)24-14)20(28)18-19(16-4-6-23-7-5-16)27(22(30)21(18)29)9-8-26-10-12-31-13-11-26/h4-7,19,28H,8-13H2,1-3H3/b20-18+. The summed E-state index contributed by atoms with van der Waals surface area (Å²) in [5, 5.41) is 15.6. The highest BCUT2D eigenvalue weighted by Crippen LogP contribution is 2.40. The van der Waals surface area contributed by atoms with Gasteiger partial charge in [-0.05, 0) is 31.5 Å². The van der Waals surface area contributed by atoms with Gasteiger partial charge in [0.05, 0.1) is 36.1 Å². The smallest absolute Gasteiger partial charge is 0.295 e. The monoisotopic (exact) mass is 425 g/mol. The van der Waals surface area contributed by atoms with E-state index in [9.17, 15) is 14.7 Å². The molecule has 2 aromatic rings. The largest absolute Gasteiger partial charge is 0.507 e. The van der Waals surface area contributed by atoms with E-state index < -0.39 is 17.7 Å². The third-order valence-electron chi connectivity index (χ3n) is 6.07. The van der Waals surface area contributed by atoms with Crippen LogP contribution in [0.1, 0.15) is 28.6 Å². The van der Waals surface area contributed by atoms with Gasteiger partial charge in [0, 0.05) is 51.3 Å². The van der Waals surface area contributed by atoms with Crippen molar-refractivity contribution in [1.29, 1.82) is 0 Å². The van der Waals surface area contributed by atoms with Crippen LogP contribution in [-0.4, -0.2) is 80.8 Å². The molecule has 0 bridgehead atoms. The van der Waals surface area contributed by atoms with Crippen molar-refractivity contribution in [3.63, 3.8) is 0 Å². The number of aliphatic hydroxyl groups is 1. The Morgan fingerprint density at radius 2 is 1.84 bits per heavy atom. The van der Waals surface area contributed by atoms with Crippen LogP contribution < -0.4 is 0 Å². The Balaban J connectivity index is 1.76. The SMILES string of the molecule is Cc1nn(C)c(C)c1/C(O)=C1\C(=O)C(=O)N(CCN2CCOCC2)C1c1ccncc1. The van der Waals surface area contributed by atoms with Crippen molar-refractivity contribution in [2.24, 2.45) is 7.05 Å². The summed E-state index contributed by atoms with van der Waals surface area (Å²) >= 11 is 0. The summed E-state index contributed by atoms with van der Waals surface area (Å²) in [4.78, 5) is 34.0. The molecule has 31 heavy (non-hydrogen) atoms. The van der Waals surface area contributed by atoms with E-state index in [1.165, 1.54) is 0 Å². The Morgan fingerprint density at radius 3 is 2.45 bits per heavy atom. The maximum absolute atomic E-state index is 13.1. The molecule has 0 spiro atoms. The third kappa shape index (κ3) is 3.86. The van der Waals surface area contributed by atoms with Crippen molar-refractivity contribution in [3.8, 4) is 0 Å². The van der Waals surface area contributed by atoms with Crippen LogP contribution in [0.4, 0.5) is 0 Å². The van der Waals surface area contributed by atoms with Gasteiger partial charge in [-0.25, -0.2) is 0 Å². The number of aromatic nitrogens is 3. The van der Waals surface area contributed by atoms with Gasteiger partial charge in [0.2, 0.25) is 0 Å². The number of Topliss-reactive ketones (excluding diaryl/α,β-unsaturated/α-hetero) is 1. The molecule has 2 fully saturated rings. The van der Waals surface area contributed by atoms with Crippen molar-refractivity contribution >= 4 is 17.4 Å². The summed E-state index contributed by atoms with van der Waals surface area (Å²) < 4.78 is 7.04. The lowest BCUT2D eigenvalue weighted by atomic mass is 9.95. The first-order valence-corrected chi connectivity index (χ1v) is 10.4. The molecule has 0 radical (unpaired) electrons. The molecule has 2 aliphatic rings. The first-order chi connectivity index (χ1) is 14.9. The topological polar surface area (TPSA) is 101 Å². The van der Waals surface area contributed by atoms with Crippen LogP contribution in [-0.2, 0) is 21.4 Å². The Labute approximate surface area is 180 Å². The Hall–Kier alpha value is -3.04. The summed E-state index contributed by atoms with van der Waals surface area (Å²) in [6.07, 6.45) is 3.25. The number of likely N-dealkylation sites (tertiary alicyclic amines) is 1. The van der Waals surface area contributed by atoms with E-state index in [0.717, 1.165) is 24.3 Å². The van der Waals surface area contributed by atoms with Gasteiger partial charge in [-0.2, -0.15) is 5.10 Å². The number of aliphatic hydroxyl groups excluding tert-OH is 1. The average molecular weight is 425 g/mol. The molecule has 0 aliphatic carbocycles. The molecule has 1 N–H and O–H groups in total. The zero-order valence-corrected chi connectivity index (χ0v) is 18.0. The van der Waals surface area contributed by atoms with Crippen molar-refractivity contribution in [1.82, 2.24) is 24.6 Å². The fraction of sp³-hybridized carbons (Fsp3) is 0.455. The maximum atomic E-state index is 13.1. The number of hydrogen-bond acceptors (Lipinski definition) is 7. The Kier molecular flexibility index (Phi) is 5.88. The normalized spacial score (nSPS) is 21.8. The van der Waals surface area contributed by atoms with Gasteiger partial charge in [-0.3, -0.25) is 24.2 Å². The van der Waals surface area contributed by atoms with Crippen molar-refractivity contribution in [2.45, 2.75) is 19.9 Å². The molecule has 4 heterocycles. The molecule has 2 saturated heterocycles. The first-order valence-electron chi connectivity index (χ1n) is 10.4. The first kappa shape index (κ1) is 21.2. The summed E-state index contributed by atoms with van der Waals surface area (Å²) in [5.41, 5.74) is 2.65. The molecule has 1 unspecified atom stereocenters. The van der Waals surface area contributed by atoms with Crippen LogP contribution in [0.3, 0.4) is 0 Å². The highest BCUT2D eigenvalue weighted by atomic mass is 16.5. The molecule has 0 aromatic carbocycles. The molecule has 2 aliphatic heterocycles. The average Bonchev–Trinajstić information content (AvgIpc) is 3.18. The molecule has 164 valence electrons. The third-order valence-corrected chi connectivity index (χ3v) is 6.07. The summed E-state index contributed by atoms with van der Waals surface area (Å²) in [5.74, 6) is -1.46. The lowest BCUT2D eigenvalue weighted by molar-refractivity contribution is -0.140. The molecule has 9 nitrogen and oxygen atoms in total. The molecular formula is C22H27N5O4. The number of amides is 1. The Bertz CT molecular complexity index is 1020. The second-order valence-corrected chi connectivity index (χ2v) is 7.90. The second kappa shape index (κ2) is 8.60. The van der Waals surface area contributed by atoms with Crippen molar-refractivity contribution in [2.75, 3.05) is 39.4 Å². The summed E-state index contributed by atoms with van der Waals surface area (Å²) in [7, 11) is 1.78. The van der Waals surface area contributed by atoms with Crippen LogP contribution in [0.15, 0.2) is 30.1 Å². The maximum Gasteiger partial charge on any atom is 0.295 e. The van der Waals surface area contributed by atoms with Gasteiger partial charge in [-0.1, -0.05) is 0 Å². The minimum absolute atomic E-state index is 0.0948. The lowest BCUT2D eigenvalue weighted by Crippen LogP contribution is -2.42. The van der Waals surface area contributed by atoms with E-state index in [-0.39, 0.29) is 11.3 Å². The fourth-order valence-corrected chi connectivity index (χ4v) is 4.33. The van der Waals surface area contributed by atoms with Gasteiger partial charge < -0.3 is 14.7 Å². The predicted octanol–water partition coefficient (Wildman–Crippen LogP) is 1.19. The van der Waals surface area contributed by atoms with E-state index >= 15 is 0 Å². The number of aryl methyl sites for hydroxylation is 2. The van der Waals surface area contributed by atoms with Gasteiger partial charge in [0.1, 0.15) is 5.76 Å². The minimum Gasteiger partial charge on any atom is -0.507 e. The number of pyridine rings is 1. The minimum atomic E-state index is -0.678. The van der Waals surface area contributed by atoms with Gasteiger partial charge >= 0.3 is 0 Å². The number of carbonyl (C=O) groups is 2. The highest BCUT2D eigenvalue weighted by Gasteiger charge is 2.46. The fourth-order valence-electron chi connectivity index (χ4n) is 4.33. The quantitative estimate of drug-likeness (QED) is 0.436. The number of ether oxygens (including phenoxy) is 1.